The van der Waals surface area contributed by atoms with Gasteiger partial charge < -0.3 is 10.6 Å². The van der Waals surface area contributed by atoms with Gasteiger partial charge in [0.2, 0.25) is 11.6 Å². The van der Waals surface area contributed by atoms with Crippen molar-refractivity contribution in [1.29, 1.82) is 0 Å². The van der Waals surface area contributed by atoms with Crippen molar-refractivity contribution in [1.82, 2.24) is 15.0 Å². The van der Waals surface area contributed by atoms with Crippen molar-refractivity contribution in [3.63, 3.8) is 0 Å². The minimum atomic E-state index is -0.525. The average molecular weight is 371 g/mol. The van der Waals surface area contributed by atoms with E-state index in [0.717, 1.165) is 11.1 Å². The van der Waals surface area contributed by atoms with Crippen LogP contribution in [0, 0.1) is 17.0 Å². The summed E-state index contributed by atoms with van der Waals surface area (Å²) < 4.78 is 0. The summed E-state index contributed by atoms with van der Waals surface area (Å²) in [6.07, 6.45) is 2.87. The molecule has 0 spiro atoms. The zero-order chi connectivity index (χ0) is 18.5. The lowest BCUT2D eigenvalue weighted by molar-refractivity contribution is -0.383. The third-order valence-electron chi connectivity index (χ3n) is 3.54. The van der Waals surface area contributed by atoms with Crippen LogP contribution >= 0.6 is 11.6 Å². The number of nitrogens with zero attached hydrogens (tertiary/aromatic N) is 4. The monoisotopic (exact) mass is 370 g/mol. The summed E-state index contributed by atoms with van der Waals surface area (Å²) in [6, 6.07) is 10.8. The number of nitrogens with one attached hydrogen (secondary N) is 2. The molecule has 26 heavy (non-hydrogen) atoms. The molecule has 0 atom stereocenters. The first-order chi connectivity index (χ1) is 12.5. The Hall–Kier alpha value is -3.26. The van der Waals surface area contributed by atoms with E-state index in [1.54, 1.807) is 24.4 Å². The van der Waals surface area contributed by atoms with Gasteiger partial charge in [0.25, 0.3) is 0 Å². The highest BCUT2D eigenvalue weighted by molar-refractivity contribution is 6.30. The van der Waals surface area contributed by atoms with E-state index >= 15 is 0 Å². The molecule has 0 saturated heterocycles. The Kier molecular flexibility index (Phi) is 5.23. The summed E-state index contributed by atoms with van der Waals surface area (Å²) in [7, 11) is 0. The maximum Gasteiger partial charge on any atom is 0.353 e. The molecule has 0 aliphatic heterocycles. The van der Waals surface area contributed by atoms with Gasteiger partial charge in [-0.25, -0.2) is 15.0 Å². The van der Waals surface area contributed by atoms with Crippen LogP contribution in [0.1, 0.15) is 11.1 Å². The van der Waals surface area contributed by atoms with Gasteiger partial charge in [0, 0.05) is 17.8 Å². The second kappa shape index (κ2) is 7.75. The molecule has 3 rings (SSSR count). The average Bonchev–Trinajstić information content (AvgIpc) is 2.61. The third kappa shape index (κ3) is 4.22. The van der Waals surface area contributed by atoms with Crippen LogP contribution in [0.4, 0.5) is 23.1 Å². The molecule has 2 heterocycles. The van der Waals surface area contributed by atoms with Crippen LogP contribution in [0.15, 0.2) is 48.9 Å². The molecule has 1 aromatic carbocycles. The van der Waals surface area contributed by atoms with Crippen LogP contribution in [0.2, 0.25) is 5.02 Å². The van der Waals surface area contributed by atoms with Gasteiger partial charge in [0.15, 0.2) is 0 Å². The first-order valence-corrected chi connectivity index (χ1v) is 8.08. The van der Waals surface area contributed by atoms with E-state index in [9.17, 15) is 10.1 Å². The van der Waals surface area contributed by atoms with Gasteiger partial charge in [-0.1, -0.05) is 23.7 Å². The molecule has 0 aliphatic rings. The lowest BCUT2D eigenvalue weighted by Crippen LogP contribution is -2.08. The second-order valence-electron chi connectivity index (χ2n) is 5.50. The number of halogens is 1. The number of hydrogen-bond donors (Lipinski definition) is 2. The van der Waals surface area contributed by atoms with Crippen molar-refractivity contribution in [3.05, 3.63) is 75.2 Å². The molecule has 9 heteroatoms. The van der Waals surface area contributed by atoms with Crippen molar-refractivity contribution in [2.45, 2.75) is 13.5 Å². The Balaban J connectivity index is 1.85. The fraction of sp³-hybridized carbons (Fsp3) is 0.118. The topological polar surface area (TPSA) is 106 Å². The summed E-state index contributed by atoms with van der Waals surface area (Å²) in [5, 5.41) is 18.0. The predicted molar refractivity (Wildman–Crippen MR) is 99.7 cm³/mol. The van der Waals surface area contributed by atoms with Gasteiger partial charge in [-0.05, 0) is 42.3 Å². The Morgan fingerprint density at radius 1 is 1.12 bits per heavy atom. The SMILES string of the molecule is Cc1ccnc(Nc2ncnc(NCc3ccc(Cl)cc3)c2[N+](=O)[O-])c1. The van der Waals surface area contributed by atoms with Crippen molar-refractivity contribution >= 4 is 34.7 Å². The molecule has 0 saturated carbocycles. The number of anilines is 3. The Labute approximate surface area is 154 Å². The first-order valence-electron chi connectivity index (χ1n) is 7.70. The quantitative estimate of drug-likeness (QED) is 0.497. The van der Waals surface area contributed by atoms with Gasteiger partial charge in [-0.2, -0.15) is 0 Å². The standard InChI is InChI=1S/C17H15ClN6O2/c1-11-6-7-19-14(8-11)23-17-15(24(25)26)16(21-10-22-17)20-9-12-2-4-13(18)5-3-12/h2-8,10H,9H2,1H3,(H2,19,20,21,22,23). The third-order valence-corrected chi connectivity index (χ3v) is 3.79. The predicted octanol–water partition coefficient (Wildman–Crippen LogP) is 4.10. The summed E-state index contributed by atoms with van der Waals surface area (Å²) in [6.45, 7) is 2.26. The zero-order valence-corrected chi connectivity index (χ0v) is 14.6. The van der Waals surface area contributed by atoms with Gasteiger partial charge in [0.1, 0.15) is 12.1 Å². The van der Waals surface area contributed by atoms with Crippen molar-refractivity contribution in [2.24, 2.45) is 0 Å². The fourth-order valence-corrected chi connectivity index (χ4v) is 2.41. The summed E-state index contributed by atoms with van der Waals surface area (Å²) in [4.78, 5) is 23.2. The van der Waals surface area contributed by atoms with Crippen molar-refractivity contribution in [3.8, 4) is 0 Å². The number of pyridine rings is 1. The molecule has 0 fully saturated rings. The van der Waals surface area contributed by atoms with E-state index in [4.69, 9.17) is 11.6 Å². The highest BCUT2D eigenvalue weighted by Crippen LogP contribution is 2.31. The van der Waals surface area contributed by atoms with Crippen molar-refractivity contribution < 1.29 is 4.92 Å². The largest absolute Gasteiger partial charge is 0.360 e. The van der Waals surface area contributed by atoms with Crippen LogP contribution in [-0.2, 0) is 6.54 Å². The molecule has 0 aliphatic carbocycles. The normalized spacial score (nSPS) is 10.4. The minimum absolute atomic E-state index is 0.0710. The molecular formula is C17H15ClN6O2. The van der Waals surface area contributed by atoms with Gasteiger partial charge in [0.05, 0.1) is 4.92 Å². The van der Waals surface area contributed by atoms with E-state index < -0.39 is 4.92 Å². The molecule has 0 radical (unpaired) electrons. The van der Waals surface area contributed by atoms with Gasteiger partial charge in [-0.15, -0.1) is 0 Å². The Morgan fingerprint density at radius 2 is 1.85 bits per heavy atom. The Bertz CT molecular complexity index is 933. The fourth-order valence-electron chi connectivity index (χ4n) is 2.29. The number of aryl methyl sites for hydroxylation is 1. The van der Waals surface area contributed by atoms with E-state index in [2.05, 4.69) is 25.6 Å². The second-order valence-corrected chi connectivity index (χ2v) is 5.94. The molecule has 8 nitrogen and oxygen atoms in total. The molecule has 3 aromatic rings. The molecule has 0 unspecified atom stereocenters. The Morgan fingerprint density at radius 3 is 2.54 bits per heavy atom. The molecule has 2 aromatic heterocycles. The van der Waals surface area contributed by atoms with Crippen molar-refractivity contribution in [2.75, 3.05) is 10.6 Å². The zero-order valence-electron chi connectivity index (χ0n) is 13.8. The van der Waals surface area contributed by atoms with Crippen LogP contribution < -0.4 is 10.6 Å². The number of rotatable bonds is 6. The summed E-state index contributed by atoms with van der Waals surface area (Å²) in [5.41, 5.74) is 1.64. The molecule has 2 N–H and O–H groups in total. The number of aromatic nitrogens is 3. The molecule has 132 valence electrons. The number of benzene rings is 1. The highest BCUT2D eigenvalue weighted by Gasteiger charge is 2.23. The lowest BCUT2D eigenvalue weighted by Gasteiger charge is -2.10. The highest BCUT2D eigenvalue weighted by atomic mass is 35.5. The van der Waals surface area contributed by atoms with E-state index in [1.165, 1.54) is 6.33 Å². The number of nitro groups is 1. The summed E-state index contributed by atoms with van der Waals surface area (Å²) >= 11 is 5.86. The summed E-state index contributed by atoms with van der Waals surface area (Å²) in [5.74, 6) is 0.660. The number of hydrogen-bond acceptors (Lipinski definition) is 7. The molecular weight excluding hydrogens is 356 g/mol. The maximum absolute atomic E-state index is 11.6. The van der Waals surface area contributed by atoms with E-state index in [0.29, 0.717) is 17.4 Å². The molecule has 0 amide bonds. The first kappa shape index (κ1) is 17.6. The molecule has 0 bridgehead atoms. The smallest absolute Gasteiger partial charge is 0.353 e. The van der Waals surface area contributed by atoms with Crippen LogP contribution in [0.5, 0.6) is 0 Å². The minimum Gasteiger partial charge on any atom is -0.360 e. The van der Waals surface area contributed by atoms with Crippen LogP contribution in [0.25, 0.3) is 0 Å². The van der Waals surface area contributed by atoms with Crippen LogP contribution in [-0.4, -0.2) is 19.9 Å². The van der Waals surface area contributed by atoms with Gasteiger partial charge >= 0.3 is 5.69 Å². The van der Waals surface area contributed by atoms with Crippen LogP contribution in [0.3, 0.4) is 0 Å². The van der Waals surface area contributed by atoms with Gasteiger partial charge in [-0.3, -0.25) is 10.1 Å². The van der Waals surface area contributed by atoms with E-state index in [1.807, 2.05) is 25.1 Å². The van der Waals surface area contributed by atoms with E-state index in [-0.39, 0.29) is 17.3 Å². The maximum atomic E-state index is 11.6. The lowest BCUT2D eigenvalue weighted by atomic mass is 10.2.